The Morgan fingerprint density at radius 1 is 1.02 bits per heavy atom. The van der Waals surface area contributed by atoms with Crippen molar-refractivity contribution in [1.82, 2.24) is 14.8 Å². The van der Waals surface area contributed by atoms with Crippen LogP contribution in [-0.4, -0.2) is 64.2 Å². The lowest BCUT2D eigenvalue weighted by Gasteiger charge is -2.36. The number of amides is 3. The first-order valence-corrected chi connectivity index (χ1v) is 16.9. The number of nitrogens with zero attached hydrogens (tertiary/aromatic N) is 2. The third kappa shape index (κ3) is 6.64. The van der Waals surface area contributed by atoms with Crippen molar-refractivity contribution < 1.29 is 33.0 Å². The van der Waals surface area contributed by atoms with Crippen LogP contribution in [0.2, 0.25) is 0 Å². The number of anilines is 1. The number of carbonyl (C=O) groups excluding carboxylic acids is 4. The van der Waals surface area contributed by atoms with Crippen LogP contribution < -0.4 is 10.6 Å². The number of halogens is 1. The van der Waals surface area contributed by atoms with Gasteiger partial charge < -0.3 is 25.0 Å². The van der Waals surface area contributed by atoms with Gasteiger partial charge in [0.05, 0.1) is 11.6 Å². The van der Waals surface area contributed by atoms with E-state index in [1.165, 1.54) is 0 Å². The van der Waals surface area contributed by atoms with Crippen molar-refractivity contribution >= 4 is 40.5 Å². The van der Waals surface area contributed by atoms with Crippen LogP contribution in [0.5, 0.6) is 0 Å². The van der Waals surface area contributed by atoms with Crippen LogP contribution in [0, 0.1) is 11.8 Å². The number of hydrogen-bond donors (Lipinski definition) is 2. The summed E-state index contributed by atoms with van der Waals surface area (Å²) in [5, 5.41) is 6.55. The first kappa shape index (κ1) is 33.5. The van der Waals surface area contributed by atoms with E-state index < -0.39 is 36.2 Å². The van der Waals surface area contributed by atoms with Gasteiger partial charge in [-0.1, -0.05) is 30.3 Å². The van der Waals surface area contributed by atoms with Crippen molar-refractivity contribution in [1.29, 1.82) is 0 Å². The first-order valence-electron chi connectivity index (χ1n) is 16.9. The zero-order valence-electron chi connectivity index (χ0n) is 28.3. The van der Waals surface area contributed by atoms with Crippen molar-refractivity contribution in [3.63, 3.8) is 0 Å². The molecule has 3 aliphatic rings. The summed E-state index contributed by atoms with van der Waals surface area (Å²) in [7, 11) is 0. The highest BCUT2D eigenvalue weighted by atomic mass is 19.1. The molecule has 2 fully saturated rings. The summed E-state index contributed by atoms with van der Waals surface area (Å²) in [6.07, 6.45) is 2.26. The number of aromatic nitrogens is 1. The number of alkyl carbamates (subject to hydrolysis) is 1. The van der Waals surface area contributed by atoms with Gasteiger partial charge in [0, 0.05) is 29.5 Å². The Hall–Kier alpha value is -4.41. The second-order valence-corrected chi connectivity index (χ2v) is 14.8. The average molecular weight is 661 g/mol. The Balaban J connectivity index is 1.17. The van der Waals surface area contributed by atoms with E-state index in [4.69, 9.17) is 9.47 Å². The molecule has 48 heavy (non-hydrogen) atoms. The fourth-order valence-corrected chi connectivity index (χ4v) is 7.72. The van der Waals surface area contributed by atoms with Gasteiger partial charge in [0.25, 0.3) is 0 Å². The number of rotatable bonds is 7. The van der Waals surface area contributed by atoms with Crippen molar-refractivity contribution in [2.45, 2.75) is 96.1 Å². The van der Waals surface area contributed by atoms with Gasteiger partial charge in [-0.2, -0.15) is 0 Å². The van der Waals surface area contributed by atoms with E-state index in [0.717, 1.165) is 16.5 Å². The molecular weight excluding hydrogens is 615 g/mol. The van der Waals surface area contributed by atoms with Crippen molar-refractivity contribution in [3.05, 3.63) is 65.9 Å². The minimum atomic E-state index is -0.812. The molecule has 2 aromatic carbocycles. The maximum atomic E-state index is 14.1. The molecule has 2 N–H and O–H groups in total. The van der Waals surface area contributed by atoms with Crippen molar-refractivity contribution in [2.75, 3.05) is 18.5 Å². The minimum Gasteiger partial charge on any atom is -0.444 e. The summed E-state index contributed by atoms with van der Waals surface area (Å²) < 4.78 is 26.7. The molecule has 3 aromatic rings. The van der Waals surface area contributed by atoms with Crippen molar-refractivity contribution in [2.24, 2.45) is 11.8 Å². The van der Waals surface area contributed by atoms with Crippen LogP contribution in [0.4, 0.5) is 14.9 Å². The van der Waals surface area contributed by atoms with E-state index >= 15 is 0 Å². The number of ether oxygens (including phenoxy) is 2. The summed E-state index contributed by atoms with van der Waals surface area (Å²) in [5.74, 6) is -1.31. The van der Waals surface area contributed by atoms with Gasteiger partial charge in [0.15, 0.2) is 5.72 Å². The largest absolute Gasteiger partial charge is 0.444 e. The lowest BCUT2D eigenvalue weighted by molar-refractivity contribution is -0.141. The molecule has 3 amide bonds. The van der Waals surface area contributed by atoms with Crippen LogP contribution in [0.3, 0.4) is 0 Å². The normalized spacial score (nSPS) is 24.1. The molecule has 0 spiro atoms. The summed E-state index contributed by atoms with van der Waals surface area (Å²) in [6.45, 7) is 8.67. The van der Waals surface area contributed by atoms with Crippen LogP contribution in [0.25, 0.3) is 10.9 Å². The highest BCUT2D eigenvalue weighted by molar-refractivity contribution is 6.02. The quantitative estimate of drug-likeness (QED) is 0.280. The number of alkyl halides is 1. The second kappa shape index (κ2) is 12.9. The van der Waals surface area contributed by atoms with E-state index in [-0.39, 0.29) is 35.5 Å². The smallest absolute Gasteiger partial charge is 0.407 e. The molecule has 3 heterocycles. The van der Waals surface area contributed by atoms with E-state index in [1.54, 1.807) is 37.8 Å². The maximum Gasteiger partial charge on any atom is 0.407 e. The van der Waals surface area contributed by atoms with E-state index in [1.807, 2.05) is 60.9 Å². The zero-order chi connectivity index (χ0) is 34.4. The molecule has 10 nitrogen and oxygen atoms in total. The highest BCUT2D eigenvalue weighted by Crippen LogP contribution is 2.40. The summed E-state index contributed by atoms with van der Waals surface area (Å²) in [6, 6.07) is 15.7. The van der Waals surface area contributed by atoms with Gasteiger partial charge in [-0.3, -0.25) is 14.2 Å². The fraction of sp³-hybridized carbons (Fsp3) is 0.514. The summed E-state index contributed by atoms with van der Waals surface area (Å²) >= 11 is 0. The van der Waals surface area contributed by atoms with Gasteiger partial charge in [-0.15, -0.1) is 0 Å². The lowest BCUT2D eigenvalue weighted by Crippen LogP contribution is -2.49. The topological polar surface area (TPSA) is 119 Å². The number of fused-ring (bicyclic) bond motifs is 3. The van der Waals surface area contributed by atoms with Crippen LogP contribution in [-0.2, 0) is 24.8 Å². The number of benzene rings is 2. The molecular formula is C37H45FN4O6. The first-order chi connectivity index (χ1) is 22.8. The number of hydrogen-bond acceptors (Lipinski definition) is 6. The van der Waals surface area contributed by atoms with Crippen molar-refractivity contribution in [3.8, 4) is 0 Å². The number of likely N-dealkylation sites (tertiary alicyclic amines) is 1. The third-order valence-electron chi connectivity index (χ3n) is 9.90. The maximum absolute atomic E-state index is 14.1. The second-order valence-electron chi connectivity index (χ2n) is 14.8. The Labute approximate surface area is 280 Å². The number of carbonyl (C=O) groups is 4. The predicted molar refractivity (Wildman–Crippen MR) is 179 cm³/mol. The molecule has 1 aromatic heterocycles. The monoisotopic (exact) mass is 660 g/mol. The Morgan fingerprint density at radius 3 is 2.40 bits per heavy atom. The van der Waals surface area contributed by atoms with Gasteiger partial charge in [0.2, 0.25) is 11.8 Å². The van der Waals surface area contributed by atoms with Gasteiger partial charge in [-0.25, -0.2) is 14.0 Å². The summed E-state index contributed by atoms with van der Waals surface area (Å²) in [5.41, 5.74) is 1.36. The highest BCUT2D eigenvalue weighted by Gasteiger charge is 2.45. The van der Waals surface area contributed by atoms with E-state index in [9.17, 15) is 23.6 Å². The predicted octanol–water partition coefficient (Wildman–Crippen LogP) is 6.50. The number of cyclic esters (lactones) is 1. The molecule has 1 saturated heterocycles. The van der Waals surface area contributed by atoms with Gasteiger partial charge in [-0.05, 0) is 102 Å². The summed E-state index contributed by atoms with van der Waals surface area (Å²) in [4.78, 5) is 54.7. The molecule has 2 aliphatic heterocycles. The molecule has 1 aliphatic carbocycles. The minimum absolute atomic E-state index is 0.0658. The molecule has 3 atom stereocenters. The van der Waals surface area contributed by atoms with Crippen LogP contribution in [0.15, 0.2) is 54.6 Å². The van der Waals surface area contributed by atoms with Gasteiger partial charge >= 0.3 is 12.1 Å². The number of esters is 1. The van der Waals surface area contributed by atoms with Crippen LogP contribution in [0.1, 0.15) is 88.7 Å². The Morgan fingerprint density at radius 2 is 1.73 bits per heavy atom. The molecule has 11 heteroatoms. The molecule has 0 bridgehead atoms. The average Bonchev–Trinajstić information content (AvgIpc) is 3.71. The Kier molecular flexibility index (Phi) is 9.00. The number of nitrogens with one attached hydrogen (secondary N) is 2. The molecule has 6 rings (SSSR count). The fourth-order valence-electron chi connectivity index (χ4n) is 7.72. The third-order valence-corrected chi connectivity index (χ3v) is 9.90. The van der Waals surface area contributed by atoms with Gasteiger partial charge in [0.1, 0.15) is 24.0 Å². The molecule has 256 valence electrons. The zero-order valence-corrected chi connectivity index (χ0v) is 28.3. The molecule has 1 saturated carbocycles. The standard InChI is InChI=1S/C37H45FN4O6/c1-36(2,3)48-35(46)40-28(21-38)23-11-13-24(14-12-23)33(44)41-18-17-27(22-9-7-6-8-10-22)31(41)32(43)39-26-15-16-29-25(19-26)20-30-34(45)47-37(4,5)42(29)30/h6-10,15-16,19-20,23-24,27-28,31H,11-14,17-18,21H2,1-5H3,(H,39,43)(H,40,46)/t23?,24?,27-,28-,31+/m1/s1. The van der Waals surface area contributed by atoms with E-state index in [0.29, 0.717) is 50.0 Å². The molecule has 0 radical (unpaired) electrons. The lowest BCUT2D eigenvalue weighted by atomic mass is 9.78. The molecule has 0 unspecified atom stereocenters. The SMILES string of the molecule is CC(C)(C)OC(=O)N[C@H](CF)C1CCC(C(=O)N2CC[C@H](c3ccccc3)[C@H]2C(=O)Nc2ccc3c(c2)cc2n3C(C)(C)OC2=O)CC1. The van der Waals surface area contributed by atoms with Crippen LogP contribution >= 0.6 is 0 Å². The Bertz CT molecular complexity index is 1710. The van der Waals surface area contributed by atoms with E-state index in [2.05, 4.69) is 10.6 Å².